The summed E-state index contributed by atoms with van der Waals surface area (Å²) in [7, 11) is 0. The first-order chi connectivity index (χ1) is 16.0. The summed E-state index contributed by atoms with van der Waals surface area (Å²) in [6.45, 7) is 7.14. The lowest BCUT2D eigenvalue weighted by molar-refractivity contribution is -0.142. The van der Waals surface area contributed by atoms with E-state index in [1.54, 1.807) is 25.1 Å². The van der Waals surface area contributed by atoms with Gasteiger partial charge < -0.3 is 15.0 Å². The Morgan fingerprint density at radius 2 is 1.68 bits per heavy atom. The van der Waals surface area contributed by atoms with Crippen LogP contribution >= 0.6 is 39.1 Å². The second-order valence-corrected chi connectivity index (χ2v) is 10.6. The minimum Gasteiger partial charge on any atom is -0.483 e. The lowest BCUT2D eigenvalue weighted by atomic mass is 10.1. The van der Waals surface area contributed by atoms with Crippen LogP contribution in [-0.4, -0.2) is 34.9 Å². The lowest BCUT2D eigenvalue weighted by Gasteiger charge is -2.32. The van der Waals surface area contributed by atoms with Gasteiger partial charge in [-0.05, 0) is 72.6 Å². The summed E-state index contributed by atoms with van der Waals surface area (Å²) in [5.41, 5.74) is 0.121. The van der Waals surface area contributed by atoms with Gasteiger partial charge in [0.1, 0.15) is 11.8 Å². The zero-order valence-corrected chi connectivity index (χ0v) is 22.6. The average Bonchev–Trinajstić information content (AvgIpc) is 2.77. The molecular formula is C26H27BrCl2N2O3. The van der Waals surface area contributed by atoms with Crippen LogP contribution < -0.4 is 10.1 Å². The van der Waals surface area contributed by atoms with E-state index in [1.807, 2.05) is 57.2 Å². The number of benzene rings is 3. The molecule has 8 heteroatoms. The third-order valence-corrected chi connectivity index (χ3v) is 6.76. The van der Waals surface area contributed by atoms with Gasteiger partial charge in [0, 0.05) is 27.7 Å². The molecular weight excluding hydrogens is 539 g/mol. The molecule has 0 aromatic heterocycles. The first-order valence-corrected chi connectivity index (χ1v) is 12.4. The Morgan fingerprint density at radius 3 is 2.32 bits per heavy atom. The highest BCUT2D eigenvalue weighted by atomic mass is 79.9. The summed E-state index contributed by atoms with van der Waals surface area (Å²) in [5, 5.41) is 5.80. The van der Waals surface area contributed by atoms with E-state index in [1.165, 1.54) is 4.90 Å². The van der Waals surface area contributed by atoms with Crippen LogP contribution in [-0.2, 0) is 16.1 Å². The lowest BCUT2D eigenvalue weighted by Crippen LogP contribution is -2.53. The van der Waals surface area contributed by atoms with Crippen LogP contribution in [0.3, 0.4) is 0 Å². The van der Waals surface area contributed by atoms with Crippen LogP contribution in [0, 0.1) is 0 Å². The number of carbonyl (C=O) groups is 2. The zero-order valence-electron chi connectivity index (χ0n) is 19.5. The van der Waals surface area contributed by atoms with Gasteiger partial charge in [-0.25, -0.2) is 0 Å². The highest BCUT2D eigenvalue weighted by molar-refractivity contribution is 9.10. The van der Waals surface area contributed by atoms with Crippen LogP contribution in [0.4, 0.5) is 0 Å². The molecule has 0 bridgehead atoms. The Morgan fingerprint density at radius 1 is 1.03 bits per heavy atom. The van der Waals surface area contributed by atoms with Crippen molar-refractivity contribution >= 4 is 61.7 Å². The van der Waals surface area contributed by atoms with Gasteiger partial charge in [0.25, 0.3) is 5.91 Å². The monoisotopic (exact) mass is 564 g/mol. The number of hydrogen-bond acceptors (Lipinski definition) is 3. The predicted octanol–water partition coefficient (Wildman–Crippen LogP) is 6.62. The molecule has 0 heterocycles. The Kier molecular flexibility index (Phi) is 8.50. The molecule has 0 aliphatic rings. The molecule has 0 aliphatic carbocycles. The maximum atomic E-state index is 13.3. The van der Waals surface area contributed by atoms with E-state index >= 15 is 0 Å². The predicted molar refractivity (Wildman–Crippen MR) is 142 cm³/mol. The van der Waals surface area contributed by atoms with Gasteiger partial charge in [-0.1, -0.05) is 59.6 Å². The van der Waals surface area contributed by atoms with E-state index in [0.29, 0.717) is 21.4 Å². The number of carbonyl (C=O) groups excluding carboxylic acids is 2. The van der Waals surface area contributed by atoms with Gasteiger partial charge in [0.15, 0.2) is 6.61 Å². The highest BCUT2D eigenvalue weighted by Crippen LogP contribution is 2.33. The van der Waals surface area contributed by atoms with Crippen LogP contribution in [0.15, 0.2) is 59.1 Å². The molecule has 3 aromatic carbocycles. The topological polar surface area (TPSA) is 58.6 Å². The van der Waals surface area contributed by atoms with Gasteiger partial charge >= 0.3 is 0 Å². The summed E-state index contributed by atoms with van der Waals surface area (Å²) >= 11 is 16.3. The zero-order chi connectivity index (χ0) is 25.0. The quantitative estimate of drug-likeness (QED) is 0.350. The second-order valence-electron chi connectivity index (χ2n) is 9.02. The molecule has 3 aromatic rings. The summed E-state index contributed by atoms with van der Waals surface area (Å²) < 4.78 is 6.64. The van der Waals surface area contributed by atoms with E-state index in [4.69, 9.17) is 27.9 Å². The fourth-order valence-corrected chi connectivity index (χ4v) is 4.58. The molecule has 0 saturated carbocycles. The molecule has 5 nitrogen and oxygen atoms in total. The van der Waals surface area contributed by atoms with Gasteiger partial charge in [0.2, 0.25) is 5.91 Å². The molecule has 0 radical (unpaired) electrons. The number of ether oxygens (including phenoxy) is 1. The maximum absolute atomic E-state index is 13.3. The molecule has 0 saturated heterocycles. The van der Waals surface area contributed by atoms with Crippen LogP contribution in [0.5, 0.6) is 5.75 Å². The standard InChI is InChI=1S/C26H27BrCl2N2O3/c1-16(25(33)30-26(2,3)4)31(14-19-20(28)10-7-11-21(19)29)23(32)15-34-22-13-12-17-8-5-6-9-18(17)24(22)27/h5-13,16H,14-15H2,1-4H3,(H,30,33)/t16-/m1/s1. The first kappa shape index (κ1) is 26.3. The first-order valence-electron chi connectivity index (χ1n) is 10.8. The highest BCUT2D eigenvalue weighted by Gasteiger charge is 2.29. The molecule has 1 N–H and O–H groups in total. The van der Waals surface area contributed by atoms with Crippen LogP contribution in [0.1, 0.15) is 33.3 Å². The third kappa shape index (κ3) is 6.44. The third-order valence-electron chi connectivity index (χ3n) is 5.23. The Hall–Kier alpha value is -2.28. The SMILES string of the molecule is C[C@H](C(=O)NC(C)(C)C)N(Cc1c(Cl)cccc1Cl)C(=O)COc1ccc2ccccc2c1Br. The molecule has 0 aliphatic heterocycles. The minimum atomic E-state index is -0.775. The van der Waals surface area contributed by atoms with Crippen molar-refractivity contribution in [3.05, 3.63) is 74.7 Å². The van der Waals surface area contributed by atoms with Gasteiger partial charge in [0.05, 0.1) is 4.47 Å². The molecule has 3 rings (SSSR count). The minimum absolute atomic E-state index is 0.0678. The van der Waals surface area contributed by atoms with E-state index in [9.17, 15) is 9.59 Å². The Bertz CT molecular complexity index is 1190. The fraction of sp³-hybridized carbons (Fsp3) is 0.308. The Labute approximate surface area is 218 Å². The summed E-state index contributed by atoms with van der Waals surface area (Å²) in [5.74, 6) is -0.113. The molecule has 0 fully saturated rings. The van der Waals surface area contributed by atoms with E-state index in [-0.39, 0.29) is 25.0 Å². The number of rotatable bonds is 7. The number of hydrogen-bond donors (Lipinski definition) is 1. The molecule has 0 spiro atoms. The van der Waals surface area contributed by atoms with E-state index in [2.05, 4.69) is 21.2 Å². The number of nitrogens with one attached hydrogen (secondary N) is 1. The van der Waals surface area contributed by atoms with Crippen molar-refractivity contribution in [1.82, 2.24) is 10.2 Å². The molecule has 0 unspecified atom stereocenters. The van der Waals surface area contributed by atoms with Crippen molar-refractivity contribution in [2.24, 2.45) is 0 Å². The second kappa shape index (κ2) is 11.0. The number of halogens is 3. The van der Waals surface area contributed by atoms with Gasteiger partial charge in [-0.3, -0.25) is 9.59 Å². The van der Waals surface area contributed by atoms with Crippen molar-refractivity contribution in [2.75, 3.05) is 6.61 Å². The maximum Gasteiger partial charge on any atom is 0.261 e. The number of fused-ring (bicyclic) bond motifs is 1. The largest absolute Gasteiger partial charge is 0.483 e. The molecule has 180 valence electrons. The van der Waals surface area contributed by atoms with Crippen LogP contribution in [0.25, 0.3) is 10.8 Å². The summed E-state index contributed by atoms with van der Waals surface area (Å²) in [6.07, 6.45) is 0. The van der Waals surface area contributed by atoms with Crippen molar-refractivity contribution in [1.29, 1.82) is 0 Å². The molecule has 2 amide bonds. The molecule has 1 atom stereocenters. The van der Waals surface area contributed by atoms with Gasteiger partial charge in [-0.2, -0.15) is 0 Å². The van der Waals surface area contributed by atoms with Crippen molar-refractivity contribution in [2.45, 2.75) is 45.8 Å². The summed E-state index contributed by atoms with van der Waals surface area (Å²) in [6, 6.07) is 16.0. The van der Waals surface area contributed by atoms with E-state index < -0.39 is 11.6 Å². The van der Waals surface area contributed by atoms with Crippen molar-refractivity contribution in [3.63, 3.8) is 0 Å². The van der Waals surface area contributed by atoms with Gasteiger partial charge in [-0.15, -0.1) is 0 Å². The number of nitrogens with zero attached hydrogens (tertiary/aromatic N) is 1. The number of amides is 2. The van der Waals surface area contributed by atoms with E-state index in [0.717, 1.165) is 15.2 Å². The fourth-order valence-electron chi connectivity index (χ4n) is 3.46. The van der Waals surface area contributed by atoms with Crippen molar-refractivity contribution < 1.29 is 14.3 Å². The smallest absolute Gasteiger partial charge is 0.261 e. The Balaban J connectivity index is 1.85. The summed E-state index contributed by atoms with van der Waals surface area (Å²) in [4.78, 5) is 27.7. The molecule has 34 heavy (non-hydrogen) atoms. The van der Waals surface area contributed by atoms with Crippen LogP contribution in [0.2, 0.25) is 10.0 Å². The normalized spacial score (nSPS) is 12.3. The average molecular weight is 566 g/mol. The van der Waals surface area contributed by atoms with Crippen molar-refractivity contribution in [3.8, 4) is 5.75 Å².